The normalized spacial score (nSPS) is 21.1. The molecule has 2 rings (SSSR count). The van der Waals surface area contributed by atoms with Crippen molar-refractivity contribution < 1.29 is 8.78 Å². The number of nitrogens with zero attached hydrogens (tertiary/aromatic N) is 3. The molecule has 0 spiro atoms. The molecule has 1 aromatic rings. The fourth-order valence-corrected chi connectivity index (χ4v) is 3.43. The number of nitrogens with one attached hydrogen (secondary N) is 1. The first-order chi connectivity index (χ1) is 9.44. The first-order valence-corrected chi connectivity index (χ1v) is 7.90. The standard InChI is InChI=1S/C13H21BrF2N4/c1-3-8-17-10(11-12(14)18-19-20(11)2)9-4-6-13(15,16)7-5-9/h9-10,17H,3-8H2,1-2H3. The van der Waals surface area contributed by atoms with Gasteiger partial charge in [0.2, 0.25) is 5.92 Å². The van der Waals surface area contributed by atoms with Crippen molar-refractivity contribution in [1.82, 2.24) is 20.3 Å². The molecule has 0 aromatic carbocycles. The van der Waals surface area contributed by atoms with Gasteiger partial charge in [0.1, 0.15) is 0 Å². The second-order valence-corrected chi connectivity index (χ2v) is 6.27. The van der Waals surface area contributed by atoms with Gasteiger partial charge in [0, 0.05) is 19.9 Å². The zero-order valence-corrected chi connectivity index (χ0v) is 13.5. The average Bonchev–Trinajstić information content (AvgIpc) is 2.72. The van der Waals surface area contributed by atoms with Crippen LogP contribution in [0.5, 0.6) is 0 Å². The van der Waals surface area contributed by atoms with E-state index in [4.69, 9.17) is 0 Å². The molecule has 1 N–H and O–H groups in total. The Bertz CT molecular complexity index is 420. The highest BCUT2D eigenvalue weighted by molar-refractivity contribution is 9.10. The summed E-state index contributed by atoms with van der Waals surface area (Å²) in [6.45, 7) is 2.95. The van der Waals surface area contributed by atoms with Crippen molar-refractivity contribution in [3.8, 4) is 0 Å². The van der Waals surface area contributed by atoms with E-state index in [-0.39, 0.29) is 24.8 Å². The van der Waals surface area contributed by atoms with Crippen molar-refractivity contribution in [1.29, 1.82) is 0 Å². The Morgan fingerprint density at radius 1 is 1.45 bits per heavy atom. The molecule has 1 saturated carbocycles. The molecule has 1 unspecified atom stereocenters. The number of aryl methyl sites for hydroxylation is 1. The Labute approximate surface area is 126 Å². The minimum Gasteiger partial charge on any atom is -0.308 e. The number of halogens is 3. The molecule has 7 heteroatoms. The Morgan fingerprint density at radius 2 is 2.10 bits per heavy atom. The fourth-order valence-electron chi connectivity index (χ4n) is 2.85. The summed E-state index contributed by atoms with van der Waals surface area (Å²) in [5.74, 6) is -2.29. The molecular formula is C13H21BrF2N4. The van der Waals surface area contributed by atoms with E-state index in [9.17, 15) is 8.78 Å². The second-order valence-electron chi connectivity index (χ2n) is 5.51. The predicted molar refractivity (Wildman–Crippen MR) is 76.6 cm³/mol. The topological polar surface area (TPSA) is 42.7 Å². The smallest absolute Gasteiger partial charge is 0.248 e. The van der Waals surface area contributed by atoms with Gasteiger partial charge in [-0.25, -0.2) is 13.5 Å². The molecule has 0 bridgehead atoms. The van der Waals surface area contributed by atoms with Gasteiger partial charge in [-0.05, 0) is 47.7 Å². The fraction of sp³-hybridized carbons (Fsp3) is 0.846. The SMILES string of the molecule is CCCNC(c1c(Br)nnn1C)C1CCC(F)(F)CC1. The molecule has 1 aromatic heterocycles. The van der Waals surface area contributed by atoms with Crippen LogP contribution in [-0.2, 0) is 7.05 Å². The Hall–Kier alpha value is -0.560. The van der Waals surface area contributed by atoms with Gasteiger partial charge < -0.3 is 5.32 Å². The van der Waals surface area contributed by atoms with E-state index in [0.717, 1.165) is 18.7 Å². The molecule has 0 aliphatic heterocycles. The lowest BCUT2D eigenvalue weighted by molar-refractivity contribution is -0.0500. The monoisotopic (exact) mass is 350 g/mol. The maximum atomic E-state index is 13.3. The van der Waals surface area contributed by atoms with E-state index >= 15 is 0 Å². The summed E-state index contributed by atoms with van der Waals surface area (Å²) in [6.07, 6.45) is 2.02. The third kappa shape index (κ3) is 3.55. The number of hydrogen-bond donors (Lipinski definition) is 1. The molecule has 0 saturated heterocycles. The van der Waals surface area contributed by atoms with Crippen molar-refractivity contribution in [3.05, 3.63) is 10.3 Å². The van der Waals surface area contributed by atoms with E-state index in [1.165, 1.54) is 0 Å². The minimum atomic E-state index is -2.49. The summed E-state index contributed by atoms with van der Waals surface area (Å²) in [5.41, 5.74) is 0.952. The van der Waals surface area contributed by atoms with E-state index in [0.29, 0.717) is 17.4 Å². The van der Waals surface area contributed by atoms with Gasteiger partial charge in [-0.15, -0.1) is 5.10 Å². The zero-order valence-electron chi connectivity index (χ0n) is 11.9. The van der Waals surface area contributed by atoms with Crippen LogP contribution in [0.3, 0.4) is 0 Å². The predicted octanol–water partition coefficient (Wildman–Crippen LogP) is 3.44. The lowest BCUT2D eigenvalue weighted by Gasteiger charge is -2.34. The van der Waals surface area contributed by atoms with Gasteiger partial charge in [0.25, 0.3) is 0 Å². The van der Waals surface area contributed by atoms with E-state index in [2.05, 4.69) is 38.5 Å². The molecule has 20 heavy (non-hydrogen) atoms. The van der Waals surface area contributed by atoms with Gasteiger partial charge in [0.15, 0.2) is 4.60 Å². The van der Waals surface area contributed by atoms with E-state index in [1.807, 2.05) is 7.05 Å². The summed E-state index contributed by atoms with van der Waals surface area (Å²) in [4.78, 5) is 0. The van der Waals surface area contributed by atoms with E-state index < -0.39 is 5.92 Å². The summed E-state index contributed by atoms with van der Waals surface area (Å²) in [7, 11) is 1.84. The van der Waals surface area contributed by atoms with Gasteiger partial charge in [0.05, 0.1) is 11.7 Å². The van der Waals surface area contributed by atoms with Crippen molar-refractivity contribution >= 4 is 15.9 Å². The van der Waals surface area contributed by atoms with Crippen LogP contribution in [0.4, 0.5) is 8.78 Å². The molecule has 0 amide bonds. The van der Waals surface area contributed by atoms with Crippen LogP contribution in [0.2, 0.25) is 0 Å². The molecule has 0 radical (unpaired) electrons. The number of aromatic nitrogens is 3. The number of hydrogen-bond acceptors (Lipinski definition) is 3. The lowest BCUT2D eigenvalue weighted by atomic mass is 9.81. The molecule has 1 aliphatic rings. The average molecular weight is 351 g/mol. The minimum absolute atomic E-state index is 0.0229. The van der Waals surface area contributed by atoms with Crippen LogP contribution < -0.4 is 5.32 Å². The summed E-state index contributed by atoms with van der Waals surface area (Å²) >= 11 is 3.42. The first-order valence-electron chi connectivity index (χ1n) is 7.11. The van der Waals surface area contributed by atoms with Gasteiger partial charge in [-0.3, -0.25) is 0 Å². The zero-order chi connectivity index (χ0) is 14.8. The van der Waals surface area contributed by atoms with Crippen LogP contribution in [-0.4, -0.2) is 27.5 Å². The Morgan fingerprint density at radius 3 is 2.60 bits per heavy atom. The largest absolute Gasteiger partial charge is 0.308 e. The molecule has 114 valence electrons. The molecular weight excluding hydrogens is 330 g/mol. The second kappa shape index (κ2) is 6.47. The maximum Gasteiger partial charge on any atom is 0.248 e. The van der Waals surface area contributed by atoms with Crippen LogP contribution >= 0.6 is 15.9 Å². The molecule has 1 aliphatic carbocycles. The lowest BCUT2D eigenvalue weighted by Crippen LogP contribution is -2.35. The first kappa shape index (κ1) is 15.8. The van der Waals surface area contributed by atoms with Gasteiger partial charge in [-0.1, -0.05) is 12.1 Å². The summed E-state index contributed by atoms with van der Waals surface area (Å²) in [6, 6.07) is 0.0282. The third-order valence-electron chi connectivity index (χ3n) is 3.97. The number of rotatable bonds is 5. The highest BCUT2D eigenvalue weighted by Crippen LogP contribution is 2.42. The van der Waals surface area contributed by atoms with Crippen molar-refractivity contribution in [2.24, 2.45) is 13.0 Å². The van der Waals surface area contributed by atoms with Crippen LogP contribution in [0.25, 0.3) is 0 Å². The molecule has 4 nitrogen and oxygen atoms in total. The third-order valence-corrected chi connectivity index (χ3v) is 4.53. The van der Waals surface area contributed by atoms with Gasteiger partial charge >= 0.3 is 0 Å². The van der Waals surface area contributed by atoms with Crippen LogP contribution in [0.1, 0.15) is 50.8 Å². The van der Waals surface area contributed by atoms with Crippen molar-refractivity contribution in [2.45, 2.75) is 51.0 Å². The summed E-state index contributed by atoms with van der Waals surface area (Å²) in [5, 5.41) is 11.5. The molecule has 1 heterocycles. The molecule has 1 fully saturated rings. The summed E-state index contributed by atoms with van der Waals surface area (Å²) < 4.78 is 29.1. The quantitative estimate of drug-likeness (QED) is 0.884. The van der Waals surface area contributed by atoms with Crippen molar-refractivity contribution in [3.63, 3.8) is 0 Å². The van der Waals surface area contributed by atoms with Crippen LogP contribution in [0.15, 0.2) is 4.60 Å². The maximum absolute atomic E-state index is 13.3. The molecule has 1 atom stereocenters. The highest BCUT2D eigenvalue weighted by Gasteiger charge is 2.39. The number of alkyl halides is 2. The Balaban J connectivity index is 2.16. The highest BCUT2D eigenvalue weighted by atomic mass is 79.9. The van der Waals surface area contributed by atoms with E-state index in [1.54, 1.807) is 4.68 Å². The van der Waals surface area contributed by atoms with Gasteiger partial charge in [-0.2, -0.15) is 0 Å². The van der Waals surface area contributed by atoms with Crippen molar-refractivity contribution in [2.75, 3.05) is 6.54 Å². The van der Waals surface area contributed by atoms with Crippen LogP contribution in [0, 0.1) is 5.92 Å². The Kier molecular flexibility index (Phi) is 5.12.